The lowest BCUT2D eigenvalue weighted by molar-refractivity contribution is 0.0505. The molecule has 1 saturated carbocycles. The summed E-state index contributed by atoms with van der Waals surface area (Å²) in [7, 11) is -1.88. The number of hydrogen-bond acceptors (Lipinski definition) is 4. The fourth-order valence-electron chi connectivity index (χ4n) is 3.81. The Bertz CT molecular complexity index is 1040. The molecule has 10 heteroatoms. The molecule has 1 aliphatic heterocycles. The van der Waals surface area contributed by atoms with Gasteiger partial charge in [0, 0.05) is 43.3 Å². The highest BCUT2D eigenvalue weighted by Gasteiger charge is 2.51. The lowest BCUT2D eigenvalue weighted by Gasteiger charge is -2.49. The zero-order valence-corrected chi connectivity index (χ0v) is 18.3. The van der Waals surface area contributed by atoms with E-state index in [0.717, 1.165) is 19.3 Å². The third-order valence-corrected chi connectivity index (χ3v) is 7.75. The van der Waals surface area contributed by atoms with Gasteiger partial charge < -0.3 is 9.88 Å². The third kappa shape index (κ3) is 4.30. The van der Waals surface area contributed by atoms with Crippen LogP contribution in [0.1, 0.15) is 29.6 Å². The van der Waals surface area contributed by atoms with Gasteiger partial charge in [-0.25, -0.2) is 13.4 Å². The number of benzene rings is 1. The lowest BCUT2D eigenvalue weighted by atomic mass is 9.76. The van der Waals surface area contributed by atoms with Gasteiger partial charge in [-0.3, -0.25) is 4.79 Å². The van der Waals surface area contributed by atoms with Crippen LogP contribution in [-0.4, -0.2) is 47.8 Å². The van der Waals surface area contributed by atoms with Crippen molar-refractivity contribution in [2.45, 2.75) is 24.3 Å². The Morgan fingerprint density at radius 2 is 2.03 bits per heavy atom. The minimum absolute atomic E-state index is 0.0528. The molecule has 1 N–H and O–H groups in total. The maximum atomic E-state index is 12.8. The van der Waals surface area contributed by atoms with Crippen LogP contribution in [0.2, 0.25) is 10.0 Å². The number of sulfonamides is 1. The van der Waals surface area contributed by atoms with E-state index in [9.17, 15) is 13.2 Å². The predicted molar refractivity (Wildman–Crippen MR) is 111 cm³/mol. The van der Waals surface area contributed by atoms with Gasteiger partial charge in [-0.05, 0) is 30.5 Å². The fraction of sp³-hybridized carbons (Fsp3) is 0.474. The highest BCUT2D eigenvalue weighted by Crippen LogP contribution is 2.46. The molecule has 1 saturated heterocycles. The van der Waals surface area contributed by atoms with Crippen LogP contribution in [0, 0.1) is 11.3 Å². The zero-order valence-electron chi connectivity index (χ0n) is 15.9. The van der Waals surface area contributed by atoms with Crippen molar-refractivity contribution in [1.29, 1.82) is 0 Å². The minimum Gasteiger partial charge on any atom is -0.351 e. The van der Waals surface area contributed by atoms with Crippen LogP contribution in [0.15, 0.2) is 35.7 Å². The molecule has 156 valence electrons. The molecule has 1 amide bonds. The van der Waals surface area contributed by atoms with Crippen LogP contribution >= 0.6 is 23.2 Å². The molecule has 0 unspecified atom stereocenters. The maximum absolute atomic E-state index is 12.8. The number of nitrogens with zero attached hydrogens (tertiary/aromatic N) is 3. The molecular formula is C19H22Cl2N4O3S. The number of rotatable bonds is 7. The Labute approximate surface area is 180 Å². The number of carbonyl (C=O) groups is 1. The van der Waals surface area contributed by atoms with Gasteiger partial charge in [0.15, 0.2) is 5.03 Å². The van der Waals surface area contributed by atoms with E-state index in [-0.39, 0.29) is 16.3 Å². The van der Waals surface area contributed by atoms with Gasteiger partial charge in [-0.15, -0.1) is 0 Å². The highest BCUT2D eigenvalue weighted by atomic mass is 35.5. The van der Waals surface area contributed by atoms with E-state index in [2.05, 4.69) is 10.3 Å². The Hall–Kier alpha value is -1.61. The van der Waals surface area contributed by atoms with Crippen molar-refractivity contribution in [3.05, 3.63) is 46.3 Å². The van der Waals surface area contributed by atoms with Gasteiger partial charge in [0.05, 0.1) is 16.9 Å². The van der Waals surface area contributed by atoms with E-state index in [1.54, 1.807) is 23.7 Å². The molecule has 2 aromatic rings. The van der Waals surface area contributed by atoms with Gasteiger partial charge in [-0.2, -0.15) is 4.31 Å². The van der Waals surface area contributed by atoms with Crippen LogP contribution in [0.3, 0.4) is 0 Å². The number of aromatic nitrogens is 2. The van der Waals surface area contributed by atoms with Gasteiger partial charge in [0.1, 0.15) is 0 Å². The molecule has 0 atom stereocenters. The highest BCUT2D eigenvalue weighted by molar-refractivity contribution is 7.89. The number of carbonyl (C=O) groups excluding carboxylic acids is 1. The molecule has 2 aliphatic rings. The first-order chi connectivity index (χ1) is 13.7. The molecule has 0 spiro atoms. The topological polar surface area (TPSA) is 84.3 Å². The Morgan fingerprint density at radius 3 is 2.62 bits per heavy atom. The van der Waals surface area contributed by atoms with Gasteiger partial charge in [0.25, 0.3) is 15.9 Å². The second kappa shape index (κ2) is 7.58. The summed E-state index contributed by atoms with van der Waals surface area (Å²) in [5.74, 6) is 0.318. The fourth-order valence-corrected chi connectivity index (χ4v) is 5.94. The average Bonchev–Trinajstić information content (AvgIpc) is 3.33. The Morgan fingerprint density at radius 1 is 1.31 bits per heavy atom. The van der Waals surface area contributed by atoms with E-state index in [1.807, 2.05) is 0 Å². The minimum atomic E-state index is -3.62. The molecule has 2 heterocycles. The zero-order chi connectivity index (χ0) is 20.8. The molecule has 0 radical (unpaired) electrons. The van der Waals surface area contributed by atoms with Crippen molar-refractivity contribution in [1.82, 2.24) is 19.2 Å². The van der Waals surface area contributed by atoms with Gasteiger partial charge >= 0.3 is 0 Å². The average molecular weight is 457 g/mol. The second-order valence-corrected chi connectivity index (χ2v) is 10.8. The van der Waals surface area contributed by atoms with Gasteiger partial charge in [0.2, 0.25) is 0 Å². The second-order valence-electron chi connectivity index (χ2n) is 8.10. The molecule has 0 bridgehead atoms. The van der Waals surface area contributed by atoms with Crippen molar-refractivity contribution in [2.75, 3.05) is 19.6 Å². The normalized spacial score (nSPS) is 19.0. The van der Waals surface area contributed by atoms with E-state index < -0.39 is 10.0 Å². The SMILES string of the molecule is Cn1cnc(S(=O)(=O)N2CC(CNC(=O)c3ccc(Cl)cc3Cl)(CC3CC3)C2)c1. The van der Waals surface area contributed by atoms with Crippen LogP contribution in [0.4, 0.5) is 0 Å². The summed E-state index contributed by atoms with van der Waals surface area (Å²) < 4.78 is 28.6. The van der Waals surface area contributed by atoms with Crippen LogP contribution in [-0.2, 0) is 17.1 Å². The van der Waals surface area contributed by atoms with E-state index in [1.165, 1.54) is 22.9 Å². The largest absolute Gasteiger partial charge is 0.351 e. The monoisotopic (exact) mass is 456 g/mol. The first kappa shape index (κ1) is 20.7. The number of aryl methyl sites for hydroxylation is 1. The first-order valence-corrected chi connectivity index (χ1v) is 11.6. The van der Waals surface area contributed by atoms with Crippen LogP contribution in [0.25, 0.3) is 0 Å². The number of imidazole rings is 1. The van der Waals surface area contributed by atoms with Crippen molar-refractivity contribution in [3.8, 4) is 0 Å². The van der Waals surface area contributed by atoms with Gasteiger partial charge in [-0.1, -0.05) is 36.0 Å². The standard InChI is InChI=1S/C19H22Cl2N4O3S/c1-24-8-17(23-12-24)29(27,28)25-10-19(11-25,7-13-2-3-13)9-22-18(26)15-5-4-14(20)6-16(15)21/h4-6,8,12-13H,2-3,7,9-11H2,1H3,(H,22,26). The molecule has 1 aromatic carbocycles. The smallest absolute Gasteiger partial charge is 0.262 e. The van der Waals surface area contributed by atoms with Crippen molar-refractivity contribution in [2.24, 2.45) is 18.4 Å². The molecule has 1 aliphatic carbocycles. The number of hydrogen-bond donors (Lipinski definition) is 1. The summed E-state index contributed by atoms with van der Waals surface area (Å²) in [6, 6.07) is 4.74. The Balaban J connectivity index is 1.44. The van der Waals surface area contributed by atoms with Crippen molar-refractivity contribution in [3.63, 3.8) is 0 Å². The van der Waals surface area contributed by atoms with Crippen LogP contribution < -0.4 is 5.32 Å². The van der Waals surface area contributed by atoms with Crippen LogP contribution in [0.5, 0.6) is 0 Å². The molecule has 1 aromatic heterocycles. The third-order valence-electron chi connectivity index (χ3n) is 5.53. The first-order valence-electron chi connectivity index (χ1n) is 9.40. The number of halogens is 2. The summed E-state index contributed by atoms with van der Waals surface area (Å²) in [6.07, 6.45) is 6.19. The molecule has 7 nitrogen and oxygen atoms in total. The van der Waals surface area contributed by atoms with E-state index >= 15 is 0 Å². The lowest BCUT2D eigenvalue weighted by Crippen LogP contribution is -2.62. The summed E-state index contributed by atoms with van der Waals surface area (Å²) in [5.41, 5.74) is 0.0901. The maximum Gasteiger partial charge on any atom is 0.262 e. The summed E-state index contributed by atoms with van der Waals surface area (Å²) >= 11 is 12.0. The molecule has 4 rings (SSSR count). The molecule has 29 heavy (non-hydrogen) atoms. The Kier molecular flexibility index (Phi) is 5.40. The quantitative estimate of drug-likeness (QED) is 0.693. The molecular weight excluding hydrogens is 435 g/mol. The number of nitrogens with one attached hydrogen (secondary N) is 1. The summed E-state index contributed by atoms with van der Waals surface area (Å²) in [5, 5.41) is 3.75. The van der Waals surface area contributed by atoms with Crippen molar-refractivity contribution >= 4 is 39.1 Å². The predicted octanol–water partition coefficient (Wildman–Crippen LogP) is 2.95. The summed E-state index contributed by atoms with van der Waals surface area (Å²) in [6.45, 7) is 1.14. The van der Waals surface area contributed by atoms with Crippen molar-refractivity contribution < 1.29 is 13.2 Å². The summed E-state index contributed by atoms with van der Waals surface area (Å²) in [4.78, 5) is 16.6. The number of amides is 1. The van der Waals surface area contributed by atoms with E-state index in [4.69, 9.17) is 23.2 Å². The molecule has 2 fully saturated rings. The van der Waals surface area contributed by atoms with E-state index in [0.29, 0.717) is 41.2 Å².